The molecule has 0 saturated carbocycles. The first-order chi connectivity index (χ1) is 6.31. The molecular formula is C9H6N2O2. The highest BCUT2D eigenvalue weighted by Crippen LogP contribution is 2.17. The number of rotatable bonds is 1. The van der Waals surface area contributed by atoms with Crippen LogP contribution in [0.5, 0.6) is 0 Å². The SMILES string of the molecule is C=NC(=O)c1cc2ccncc2o1. The summed E-state index contributed by atoms with van der Waals surface area (Å²) >= 11 is 0. The summed E-state index contributed by atoms with van der Waals surface area (Å²) in [5.74, 6) is -0.269. The number of hydrogen-bond acceptors (Lipinski definition) is 3. The second-order valence-corrected chi connectivity index (χ2v) is 2.49. The van der Waals surface area contributed by atoms with E-state index in [9.17, 15) is 4.79 Å². The Morgan fingerprint density at radius 1 is 1.62 bits per heavy atom. The summed E-state index contributed by atoms with van der Waals surface area (Å²) in [6.45, 7) is 3.13. The van der Waals surface area contributed by atoms with E-state index < -0.39 is 5.91 Å². The minimum Gasteiger partial charge on any atom is -0.449 e. The van der Waals surface area contributed by atoms with Crippen LogP contribution in [0.1, 0.15) is 10.6 Å². The topological polar surface area (TPSA) is 55.5 Å². The van der Waals surface area contributed by atoms with Crippen molar-refractivity contribution in [1.29, 1.82) is 0 Å². The van der Waals surface area contributed by atoms with Crippen LogP contribution in [0.3, 0.4) is 0 Å². The zero-order valence-corrected chi connectivity index (χ0v) is 6.73. The van der Waals surface area contributed by atoms with Gasteiger partial charge >= 0.3 is 5.91 Å². The van der Waals surface area contributed by atoms with Crippen LogP contribution in [-0.4, -0.2) is 17.6 Å². The Hall–Kier alpha value is -1.97. The second kappa shape index (κ2) is 2.82. The number of carbonyl (C=O) groups excluding carboxylic acids is 1. The number of aliphatic imine (C=N–C) groups is 1. The van der Waals surface area contributed by atoms with E-state index in [0.717, 1.165) is 5.39 Å². The van der Waals surface area contributed by atoms with Crippen molar-refractivity contribution < 1.29 is 9.21 Å². The fourth-order valence-corrected chi connectivity index (χ4v) is 1.07. The van der Waals surface area contributed by atoms with Crippen LogP contribution >= 0.6 is 0 Å². The summed E-state index contributed by atoms with van der Waals surface area (Å²) in [7, 11) is 0. The predicted molar refractivity (Wildman–Crippen MR) is 47.9 cm³/mol. The number of amides is 1. The Labute approximate surface area is 73.9 Å². The van der Waals surface area contributed by atoms with Gasteiger partial charge in [0.15, 0.2) is 11.3 Å². The molecule has 2 heterocycles. The molecule has 0 aliphatic carbocycles. The van der Waals surface area contributed by atoms with Crippen molar-refractivity contribution in [3.8, 4) is 0 Å². The second-order valence-electron chi connectivity index (χ2n) is 2.49. The summed E-state index contributed by atoms with van der Waals surface area (Å²) in [6.07, 6.45) is 3.18. The Balaban J connectivity index is 2.62. The van der Waals surface area contributed by atoms with Crippen molar-refractivity contribution in [3.63, 3.8) is 0 Å². The molecule has 0 aliphatic heterocycles. The normalized spacial score (nSPS) is 10.2. The third-order valence-corrected chi connectivity index (χ3v) is 1.68. The Bertz CT molecular complexity index is 440. The molecule has 0 spiro atoms. The Kier molecular flexibility index (Phi) is 1.66. The van der Waals surface area contributed by atoms with Gasteiger partial charge in [0.05, 0.1) is 6.20 Å². The Morgan fingerprint density at radius 3 is 3.15 bits per heavy atom. The van der Waals surface area contributed by atoms with Crippen LogP contribution in [0.25, 0.3) is 11.0 Å². The molecule has 13 heavy (non-hydrogen) atoms. The van der Waals surface area contributed by atoms with Gasteiger partial charge in [-0.05, 0) is 18.9 Å². The standard InChI is InChI=1S/C9H6N2O2/c1-10-9(12)7-4-6-2-3-11-5-8(6)13-7/h2-5H,1H2. The van der Waals surface area contributed by atoms with Crippen molar-refractivity contribution in [2.45, 2.75) is 0 Å². The number of pyridine rings is 1. The molecule has 0 saturated heterocycles. The molecule has 0 fully saturated rings. The molecule has 4 heteroatoms. The van der Waals surface area contributed by atoms with Crippen molar-refractivity contribution in [2.75, 3.05) is 0 Å². The Morgan fingerprint density at radius 2 is 2.46 bits per heavy atom. The van der Waals surface area contributed by atoms with Gasteiger partial charge in [0.2, 0.25) is 0 Å². The van der Waals surface area contributed by atoms with Gasteiger partial charge < -0.3 is 4.42 Å². The molecule has 2 aromatic heterocycles. The molecular weight excluding hydrogens is 168 g/mol. The number of carbonyl (C=O) groups is 1. The van der Waals surface area contributed by atoms with E-state index in [2.05, 4.69) is 16.7 Å². The van der Waals surface area contributed by atoms with Crippen LogP contribution in [0.15, 0.2) is 33.9 Å². The van der Waals surface area contributed by atoms with E-state index in [1.807, 2.05) is 0 Å². The van der Waals surface area contributed by atoms with Crippen LogP contribution in [-0.2, 0) is 0 Å². The highest BCUT2D eigenvalue weighted by atomic mass is 16.3. The lowest BCUT2D eigenvalue weighted by atomic mass is 10.3. The van der Waals surface area contributed by atoms with Gasteiger partial charge in [0.25, 0.3) is 0 Å². The first-order valence-corrected chi connectivity index (χ1v) is 3.66. The van der Waals surface area contributed by atoms with E-state index in [4.69, 9.17) is 4.42 Å². The van der Waals surface area contributed by atoms with Crippen LogP contribution in [0.4, 0.5) is 0 Å². The van der Waals surface area contributed by atoms with Crippen LogP contribution < -0.4 is 0 Å². The van der Waals surface area contributed by atoms with E-state index >= 15 is 0 Å². The molecule has 1 amide bonds. The molecule has 0 aliphatic rings. The third-order valence-electron chi connectivity index (χ3n) is 1.68. The minimum atomic E-state index is -0.462. The molecule has 0 radical (unpaired) electrons. The van der Waals surface area contributed by atoms with Gasteiger partial charge in [-0.25, -0.2) is 4.99 Å². The fraction of sp³-hybridized carbons (Fsp3) is 0. The molecule has 64 valence electrons. The highest BCUT2D eigenvalue weighted by Gasteiger charge is 2.09. The molecule has 0 bridgehead atoms. The average Bonchev–Trinajstić information content (AvgIpc) is 2.59. The number of fused-ring (bicyclic) bond motifs is 1. The molecule has 0 aromatic carbocycles. The lowest BCUT2D eigenvalue weighted by Crippen LogP contribution is -1.88. The summed E-state index contributed by atoms with van der Waals surface area (Å²) in [5.41, 5.74) is 0.578. The number of aromatic nitrogens is 1. The first kappa shape index (κ1) is 7.67. The van der Waals surface area contributed by atoms with Gasteiger partial charge in [-0.3, -0.25) is 9.78 Å². The maximum Gasteiger partial charge on any atom is 0.312 e. The zero-order valence-electron chi connectivity index (χ0n) is 6.73. The van der Waals surface area contributed by atoms with E-state index in [0.29, 0.717) is 5.58 Å². The predicted octanol–water partition coefficient (Wildman–Crippen LogP) is 1.67. The van der Waals surface area contributed by atoms with E-state index in [1.165, 1.54) is 0 Å². The largest absolute Gasteiger partial charge is 0.449 e. The highest BCUT2D eigenvalue weighted by molar-refractivity contribution is 5.98. The molecule has 4 nitrogen and oxygen atoms in total. The number of hydrogen-bond donors (Lipinski definition) is 0. The summed E-state index contributed by atoms with van der Waals surface area (Å²) < 4.78 is 5.17. The maximum absolute atomic E-state index is 11.0. The van der Waals surface area contributed by atoms with Gasteiger partial charge in [-0.15, -0.1) is 0 Å². The van der Waals surface area contributed by atoms with E-state index in [1.54, 1.807) is 24.5 Å². The van der Waals surface area contributed by atoms with Gasteiger partial charge in [0.1, 0.15) is 0 Å². The molecule has 0 atom stereocenters. The lowest BCUT2D eigenvalue weighted by molar-refractivity contribution is 0.0979. The zero-order chi connectivity index (χ0) is 9.26. The maximum atomic E-state index is 11.0. The van der Waals surface area contributed by atoms with Crippen LogP contribution in [0.2, 0.25) is 0 Å². The molecule has 2 rings (SSSR count). The van der Waals surface area contributed by atoms with Crippen molar-refractivity contribution >= 4 is 23.6 Å². The van der Waals surface area contributed by atoms with Crippen LogP contribution in [0, 0.1) is 0 Å². The van der Waals surface area contributed by atoms with Crippen molar-refractivity contribution in [2.24, 2.45) is 4.99 Å². The van der Waals surface area contributed by atoms with Gasteiger partial charge in [-0.2, -0.15) is 0 Å². The first-order valence-electron chi connectivity index (χ1n) is 3.66. The lowest BCUT2D eigenvalue weighted by Gasteiger charge is -1.83. The van der Waals surface area contributed by atoms with Gasteiger partial charge in [0, 0.05) is 11.6 Å². The minimum absolute atomic E-state index is 0.193. The van der Waals surface area contributed by atoms with Crippen molar-refractivity contribution in [3.05, 3.63) is 30.3 Å². The molecule has 0 unspecified atom stereocenters. The summed E-state index contributed by atoms with van der Waals surface area (Å²) in [6, 6.07) is 3.38. The smallest absolute Gasteiger partial charge is 0.312 e. The quantitative estimate of drug-likeness (QED) is 0.618. The molecule has 2 aromatic rings. The van der Waals surface area contributed by atoms with E-state index in [-0.39, 0.29) is 5.76 Å². The average molecular weight is 174 g/mol. The number of furan rings is 1. The third kappa shape index (κ3) is 1.22. The summed E-state index contributed by atoms with van der Waals surface area (Å²) in [5, 5.41) is 0.835. The fourth-order valence-electron chi connectivity index (χ4n) is 1.07. The summed E-state index contributed by atoms with van der Waals surface area (Å²) in [4.78, 5) is 18.2. The monoisotopic (exact) mass is 174 g/mol. The molecule has 0 N–H and O–H groups in total. The van der Waals surface area contributed by atoms with Gasteiger partial charge in [-0.1, -0.05) is 0 Å². The van der Waals surface area contributed by atoms with Crippen molar-refractivity contribution in [1.82, 2.24) is 4.98 Å². The number of nitrogens with zero attached hydrogens (tertiary/aromatic N) is 2.